The van der Waals surface area contributed by atoms with Crippen LogP contribution in [0.4, 0.5) is 0 Å². The second kappa shape index (κ2) is 5.76. The molecule has 90 valence electrons. The molecule has 0 bridgehead atoms. The van der Waals surface area contributed by atoms with Crippen LogP contribution in [0.15, 0.2) is 73.4 Å². The fraction of sp³-hybridized carbons (Fsp3) is 0. The summed E-state index contributed by atoms with van der Waals surface area (Å²) in [5.74, 6) is 0. The van der Waals surface area contributed by atoms with Crippen LogP contribution in [0.5, 0.6) is 0 Å². The Morgan fingerprint density at radius 2 is 1.67 bits per heavy atom. The van der Waals surface area contributed by atoms with Gasteiger partial charge in [0.05, 0.1) is 0 Å². The number of hydrogen-bond acceptors (Lipinski definition) is 2. The van der Waals surface area contributed by atoms with Crippen molar-refractivity contribution in [1.82, 2.24) is 4.98 Å². The number of hydrogen-bond donors (Lipinski definition) is 0. The Morgan fingerprint density at radius 3 is 2.33 bits per heavy atom. The second-order valence-corrected chi connectivity index (χ2v) is 19.4. The molecule has 0 atom stereocenters. The van der Waals surface area contributed by atoms with E-state index in [1.807, 2.05) is 21.2 Å². The van der Waals surface area contributed by atoms with Crippen LogP contribution in [0.1, 0.15) is 0 Å². The first-order valence-corrected chi connectivity index (χ1v) is 14.9. The van der Waals surface area contributed by atoms with Gasteiger partial charge in [-0.15, -0.1) is 0 Å². The van der Waals surface area contributed by atoms with Crippen LogP contribution in [0, 0.1) is 0 Å². The summed E-state index contributed by atoms with van der Waals surface area (Å²) in [4.78, 5) is 5.68. The van der Waals surface area contributed by atoms with Crippen molar-refractivity contribution in [3.05, 3.63) is 68.5 Å². The number of pyridine rings is 1. The molecule has 0 radical (unpaired) electrons. The van der Waals surface area contributed by atoms with Crippen LogP contribution < -0.4 is 0 Å². The predicted octanol–water partition coefficient (Wildman–Crippen LogP) is 4.45. The molecule has 0 aliphatic heterocycles. The monoisotopic (exact) mass is 361 g/mol. The first-order chi connectivity index (χ1) is 8.74. The summed E-state index contributed by atoms with van der Waals surface area (Å²) in [6.07, 6.45) is 1.83. The van der Waals surface area contributed by atoms with Gasteiger partial charge in [-0.25, -0.2) is 0 Å². The number of para-hydroxylation sites is 1. The predicted molar refractivity (Wildman–Crippen MR) is 83.9 cm³/mol. The van der Waals surface area contributed by atoms with Gasteiger partial charge in [0.15, 0.2) is 0 Å². The summed E-state index contributed by atoms with van der Waals surface area (Å²) < 4.78 is 6.17. The Morgan fingerprint density at radius 1 is 1.00 bits per heavy atom. The minimum absolute atomic E-state index is 1.05. The third-order valence-electron chi connectivity index (χ3n) is 2.84. The fourth-order valence-corrected chi connectivity index (χ4v) is 11.0. The molecule has 0 aliphatic rings. The molecule has 0 aliphatic carbocycles. The average molecular weight is 360 g/mol. The Balaban J connectivity index is 2.52. The quantitative estimate of drug-likeness (QED) is 0.731. The molecular formula is C15H15NSSn. The molecule has 1 heterocycles. The first kappa shape index (κ1) is 13.4. The van der Waals surface area contributed by atoms with Gasteiger partial charge in [0.1, 0.15) is 0 Å². The molecule has 0 spiro atoms. The summed E-state index contributed by atoms with van der Waals surface area (Å²) in [5, 5.41) is 1.17. The number of fused-ring (bicyclic) bond motifs is 1. The normalized spacial score (nSPS) is 11.1. The zero-order valence-electron chi connectivity index (χ0n) is 10.2. The molecule has 18 heavy (non-hydrogen) atoms. The van der Waals surface area contributed by atoms with Gasteiger partial charge in [-0.2, -0.15) is 0 Å². The van der Waals surface area contributed by atoms with Crippen molar-refractivity contribution in [2.24, 2.45) is 0 Å². The van der Waals surface area contributed by atoms with E-state index in [9.17, 15) is 0 Å². The van der Waals surface area contributed by atoms with E-state index in [1.54, 1.807) is 0 Å². The van der Waals surface area contributed by atoms with Crippen molar-refractivity contribution in [3.63, 3.8) is 0 Å². The van der Waals surface area contributed by atoms with Crippen LogP contribution in [-0.2, 0) is 0 Å². The van der Waals surface area contributed by atoms with E-state index in [2.05, 4.69) is 61.3 Å². The number of benzene rings is 1. The van der Waals surface area contributed by atoms with Crippen molar-refractivity contribution in [2.75, 3.05) is 0 Å². The molecule has 1 nitrogen and oxygen atoms in total. The number of rotatable bonds is 5. The SMILES string of the molecule is C=[CH][Sn]([CH]=C)([CH]=C)[S]c1cccc2cccnc12. The van der Waals surface area contributed by atoms with Crippen molar-refractivity contribution in [1.29, 1.82) is 0 Å². The summed E-state index contributed by atoms with van der Waals surface area (Å²) in [5.41, 5.74) is 1.05. The van der Waals surface area contributed by atoms with E-state index in [1.165, 1.54) is 10.3 Å². The summed E-state index contributed by atoms with van der Waals surface area (Å²) in [6, 6.07) is 10.3. The second-order valence-electron chi connectivity index (χ2n) is 3.90. The molecule has 2 rings (SSSR count). The van der Waals surface area contributed by atoms with E-state index >= 15 is 0 Å². The standard InChI is InChI=1S/C9H7NS.3C2H3.Sn/c11-8-5-1-3-7-4-2-6-10-9(7)8;3*1-2;/h1-6,11H;3*1H,2H2;/q;;;;+1/p-1. The maximum atomic E-state index is 4.48. The molecular weight excluding hydrogens is 345 g/mol. The minimum atomic E-state index is -2.70. The molecule has 2 aromatic rings. The summed E-state index contributed by atoms with van der Waals surface area (Å²) in [7, 11) is 1.86. The summed E-state index contributed by atoms with van der Waals surface area (Å²) >= 11 is -2.70. The van der Waals surface area contributed by atoms with E-state index in [0.29, 0.717) is 0 Å². The maximum absolute atomic E-state index is 4.48. The van der Waals surface area contributed by atoms with Crippen molar-refractivity contribution in [2.45, 2.75) is 4.90 Å². The molecule has 1 aromatic heterocycles. The van der Waals surface area contributed by atoms with Gasteiger partial charge in [-0.1, -0.05) is 0 Å². The fourth-order valence-electron chi connectivity index (χ4n) is 1.72. The van der Waals surface area contributed by atoms with Crippen LogP contribution >= 0.6 is 8.95 Å². The van der Waals surface area contributed by atoms with E-state index < -0.39 is 17.0 Å². The Kier molecular flexibility index (Phi) is 4.30. The van der Waals surface area contributed by atoms with Crippen molar-refractivity contribution < 1.29 is 0 Å². The van der Waals surface area contributed by atoms with Gasteiger partial charge in [0.2, 0.25) is 0 Å². The number of aromatic nitrogens is 1. The van der Waals surface area contributed by atoms with Gasteiger partial charge in [0, 0.05) is 0 Å². The van der Waals surface area contributed by atoms with Crippen LogP contribution in [0.3, 0.4) is 0 Å². The third kappa shape index (κ3) is 2.54. The van der Waals surface area contributed by atoms with E-state index in [4.69, 9.17) is 0 Å². The van der Waals surface area contributed by atoms with Gasteiger partial charge in [-0.05, 0) is 0 Å². The molecule has 0 saturated carbocycles. The Hall–Kier alpha value is -1.00. The van der Waals surface area contributed by atoms with E-state index in [0.717, 1.165) is 5.52 Å². The zero-order chi connectivity index (χ0) is 13.0. The van der Waals surface area contributed by atoms with Crippen LogP contribution in [0.25, 0.3) is 10.9 Å². The van der Waals surface area contributed by atoms with Gasteiger partial charge in [-0.3, -0.25) is 0 Å². The molecule has 0 fully saturated rings. The topological polar surface area (TPSA) is 12.9 Å². The molecule has 0 unspecified atom stereocenters. The third-order valence-corrected chi connectivity index (χ3v) is 17.5. The average Bonchev–Trinajstić information content (AvgIpc) is 2.45. The Bertz CT molecular complexity index is 579. The molecule has 0 N–H and O–H groups in total. The van der Waals surface area contributed by atoms with Gasteiger partial charge in [0.25, 0.3) is 0 Å². The van der Waals surface area contributed by atoms with Crippen molar-refractivity contribution in [3.8, 4) is 0 Å². The summed E-state index contributed by atoms with van der Waals surface area (Å²) in [6.45, 7) is 11.9. The van der Waals surface area contributed by atoms with Gasteiger partial charge >= 0.3 is 115 Å². The first-order valence-electron chi connectivity index (χ1n) is 5.68. The number of nitrogens with zero attached hydrogens (tertiary/aromatic N) is 1. The van der Waals surface area contributed by atoms with E-state index in [-0.39, 0.29) is 0 Å². The van der Waals surface area contributed by atoms with Crippen LogP contribution in [0.2, 0.25) is 0 Å². The van der Waals surface area contributed by atoms with Crippen molar-refractivity contribution >= 4 is 36.8 Å². The molecule has 0 amide bonds. The Labute approximate surface area is 115 Å². The molecule has 0 saturated heterocycles. The zero-order valence-corrected chi connectivity index (χ0v) is 13.8. The molecule has 3 heteroatoms. The van der Waals surface area contributed by atoms with Crippen LogP contribution in [-0.4, -0.2) is 22.0 Å². The van der Waals surface area contributed by atoms with Gasteiger partial charge < -0.3 is 0 Å². The molecule has 1 aromatic carbocycles.